The highest BCUT2D eigenvalue weighted by atomic mass is 16.5. The first-order valence-electron chi connectivity index (χ1n) is 3.40. The van der Waals surface area contributed by atoms with E-state index in [2.05, 4.69) is 4.99 Å². The van der Waals surface area contributed by atoms with Gasteiger partial charge in [-0.2, -0.15) is 0 Å². The predicted octanol–water partition coefficient (Wildman–Crippen LogP) is 0.668. The van der Waals surface area contributed by atoms with Crippen molar-refractivity contribution in [1.82, 2.24) is 0 Å². The van der Waals surface area contributed by atoms with Crippen LogP contribution in [-0.4, -0.2) is 19.5 Å². The van der Waals surface area contributed by atoms with E-state index < -0.39 is 0 Å². The molecule has 3 nitrogen and oxygen atoms in total. The molecule has 0 aromatic carbocycles. The van der Waals surface area contributed by atoms with Crippen molar-refractivity contribution in [2.24, 2.45) is 10.7 Å². The Balaban J connectivity index is 2.62. The van der Waals surface area contributed by atoms with Crippen molar-refractivity contribution in [2.45, 2.75) is 12.8 Å². The average Bonchev–Trinajstić information content (AvgIpc) is 2.05. The van der Waals surface area contributed by atoms with Gasteiger partial charge in [-0.25, -0.2) is 0 Å². The van der Waals surface area contributed by atoms with Crippen molar-refractivity contribution in [3.63, 3.8) is 0 Å². The van der Waals surface area contributed by atoms with Crippen LogP contribution in [0, 0.1) is 0 Å². The van der Waals surface area contributed by atoms with Gasteiger partial charge in [-0.3, -0.25) is 4.99 Å². The van der Waals surface area contributed by atoms with E-state index in [4.69, 9.17) is 10.5 Å². The van der Waals surface area contributed by atoms with Crippen LogP contribution in [0.15, 0.2) is 16.8 Å². The second-order valence-corrected chi connectivity index (χ2v) is 2.17. The van der Waals surface area contributed by atoms with Gasteiger partial charge in [0.15, 0.2) is 11.6 Å². The molecule has 0 aliphatic carbocycles. The molecule has 1 aliphatic rings. The van der Waals surface area contributed by atoms with Gasteiger partial charge in [0, 0.05) is 7.05 Å². The smallest absolute Gasteiger partial charge is 0.160 e. The number of hydrogen-bond donors (Lipinski definition) is 1. The van der Waals surface area contributed by atoms with Gasteiger partial charge < -0.3 is 10.5 Å². The Morgan fingerprint density at radius 2 is 2.60 bits per heavy atom. The van der Waals surface area contributed by atoms with E-state index in [-0.39, 0.29) is 0 Å². The zero-order valence-corrected chi connectivity index (χ0v) is 6.13. The molecule has 0 atom stereocenters. The van der Waals surface area contributed by atoms with Gasteiger partial charge in [-0.1, -0.05) is 0 Å². The number of amidine groups is 1. The van der Waals surface area contributed by atoms with E-state index in [1.807, 2.05) is 6.08 Å². The number of nitrogens with two attached hydrogens (primary N) is 1. The molecule has 3 heteroatoms. The van der Waals surface area contributed by atoms with Gasteiger partial charge in [0.1, 0.15) is 0 Å². The fourth-order valence-electron chi connectivity index (χ4n) is 0.846. The predicted molar refractivity (Wildman–Crippen MR) is 40.8 cm³/mol. The van der Waals surface area contributed by atoms with Crippen LogP contribution in [-0.2, 0) is 4.74 Å². The summed E-state index contributed by atoms with van der Waals surface area (Å²) in [7, 11) is 1.66. The average molecular weight is 140 g/mol. The third-order valence-electron chi connectivity index (χ3n) is 1.43. The van der Waals surface area contributed by atoms with Gasteiger partial charge in [-0.05, 0) is 18.9 Å². The molecule has 0 saturated heterocycles. The summed E-state index contributed by atoms with van der Waals surface area (Å²) in [5.41, 5.74) is 5.50. The van der Waals surface area contributed by atoms with Crippen molar-refractivity contribution in [3.05, 3.63) is 11.8 Å². The highest BCUT2D eigenvalue weighted by Crippen LogP contribution is 2.08. The van der Waals surface area contributed by atoms with Gasteiger partial charge >= 0.3 is 0 Å². The Labute approximate surface area is 60.6 Å². The third-order valence-corrected chi connectivity index (χ3v) is 1.43. The molecule has 1 heterocycles. The van der Waals surface area contributed by atoms with Crippen LogP contribution in [0.2, 0.25) is 0 Å². The molecule has 0 unspecified atom stereocenters. The lowest BCUT2D eigenvalue weighted by atomic mass is 10.2. The van der Waals surface area contributed by atoms with Gasteiger partial charge in [0.2, 0.25) is 0 Å². The van der Waals surface area contributed by atoms with E-state index in [1.165, 1.54) is 0 Å². The van der Waals surface area contributed by atoms with Crippen LogP contribution in [0.4, 0.5) is 0 Å². The van der Waals surface area contributed by atoms with Gasteiger partial charge in [0.25, 0.3) is 0 Å². The van der Waals surface area contributed by atoms with Crippen LogP contribution in [0.1, 0.15) is 12.8 Å². The molecule has 1 aliphatic heterocycles. The molecule has 1 rings (SSSR count). The monoisotopic (exact) mass is 140 g/mol. The largest absolute Gasteiger partial charge is 0.490 e. The molecule has 56 valence electrons. The molecule has 0 aromatic heterocycles. The Morgan fingerprint density at radius 3 is 3.10 bits per heavy atom. The molecule has 0 bridgehead atoms. The first-order valence-corrected chi connectivity index (χ1v) is 3.40. The Morgan fingerprint density at radius 1 is 1.80 bits per heavy atom. The maximum Gasteiger partial charge on any atom is 0.160 e. The zero-order chi connectivity index (χ0) is 7.40. The van der Waals surface area contributed by atoms with Crippen LogP contribution >= 0.6 is 0 Å². The molecular weight excluding hydrogens is 128 g/mol. The van der Waals surface area contributed by atoms with Crippen molar-refractivity contribution in [3.8, 4) is 0 Å². The second-order valence-electron chi connectivity index (χ2n) is 2.17. The minimum atomic E-state index is 0.500. The van der Waals surface area contributed by atoms with E-state index in [9.17, 15) is 0 Å². The van der Waals surface area contributed by atoms with Crippen LogP contribution in [0.5, 0.6) is 0 Å². The summed E-state index contributed by atoms with van der Waals surface area (Å²) in [6.07, 6.45) is 4.11. The molecular formula is C7H12N2O. The molecule has 0 saturated carbocycles. The highest BCUT2D eigenvalue weighted by molar-refractivity contribution is 5.94. The number of rotatable bonds is 1. The third kappa shape index (κ3) is 1.50. The molecule has 10 heavy (non-hydrogen) atoms. The zero-order valence-electron chi connectivity index (χ0n) is 6.13. The maximum absolute atomic E-state index is 5.50. The molecule has 0 aromatic rings. The number of allylic oxidation sites excluding steroid dienone is 1. The minimum absolute atomic E-state index is 0.500. The van der Waals surface area contributed by atoms with Crippen LogP contribution in [0.25, 0.3) is 0 Å². The minimum Gasteiger partial charge on any atom is -0.490 e. The lowest BCUT2D eigenvalue weighted by Gasteiger charge is -2.13. The van der Waals surface area contributed by atoms with Crippen LogP contribution in [0.3, 0.4) is 0 Å². The van der Waals surface area contributed by atoms with Crippen molar-refractivity contribution < 1.29 is 4.74 Å². The summed E-state index contributed by atoms with van der Waals surface area (Å²) in [5, 5.41) is 0. The van der Waals surface area contributed by atoms with E-state index in [1.54, 1.807) is 7.05 Å². The van der Waals surface area contributed by atoms with Crippen molar-refractivity contribution >= 4 is 5.84 Å². The molecule has 2 N–H and O–H groups in total. The summed E-state index contributed by atoms with van der Waals surface area (Å²) in [6.45, 7) is 0.766. The van der Waals surface area contributed by atoms with E-state index >= 15 is 0 Å². The standard InChI is InChI=1S/C7H12N2O/c1-9-7(8)6-4-2-3-5-10-6/h4H,2-3,5H2,1H3,(H2,8,9). The lowest BCUT2D eigenvalue weighted by molar-refractivity contribution is 0.212. The lowest BCUT2D eigenvalue weighted by Crippen LogP contribution is -2.19. The summed E-state index contributed by atoms with van der Waals surface area (Å²) >= 11 is 0. The summed E-state index contributed by atoms with van der Waals surface area (Å²) in [5.74, 6) is 1.24. The summed E-state index contributed by atoms with van der Waals surface area (Å²) in [6, 6.07) is 0. The molecule has 0 fully saturated rings. The van der Waals surface area contributed by atoms with E-state index in [0.717, 1.165) is 25.2 Å². The number of nitrogens with zero attached hydrogens (tertiary/aromatic N) is 1. The first kappa shape index (κ1) is 7.12. The van der Waals surface area contributed by atoms with Crippen molar-refractivity contribution in [1.29, 1.82) is 0 Å². The fourth-order valence-corrected chi connectivity index (χ4v) is 0.846. The van der Waals surface area contributed by atoms with Gasteiger partial charge in [0.05, 0.1) is 6.61 Å². The first-order chi connectivity index (χ1) is 4.84. The Hall–Kier alpha value is -0.990. The van der Waals surface area contributed by atoms with Crippen molar-refractivity contribution in [2.75, 3.05) is 13.7 Å². The number of hydrogen-bond acceptors (Lipinski definition) is 2. The summed E-state index contributed by atoms with van der Waals surface area (Å²) in [4.78, 5) is 3.81. The van der Waals surface area contributed by atoms with E-state index in [0.29, 0.717) is 5.84 Å². The van der Waals surface area contributed by atoms with Gasteiger partial charge in [-0.15, -0.1) is 0 Å². The molecule has 0 spiro atoms. The topological polar surface area (TPSA) is 47.6 Å². The summed E-state index contributed by atoms with van der Waals surface area (Å²) < 4.78 is 5.24. The normalized spacial score (nSPS) is 19.7. The molecule has 0 amide bonds. The SMILES string of the molecule is CN=C(N)C1=CCCCO1. The maximum atomic E-state index is 5.50. The second kappa shape index (κ2) is 3.25. The number of aliphatic imine (C=N–C) groups is 1. The van der Waals surface area contributed by atoms with Crippen LogP contribution < -0.4 is 5.73 Å². The number of ether oxygens (including phenoxy) is 1. The quantitative estimate of drug-likeness (QED) is 0.430. The Kier molecular flexibility index (Phi) is 2.31. The fraction of sp³-hybridized carbons (Fsp3) is 0.571. The molecule has 0 radical (unpaired) electrons. The highest BCUT2D eigenvalue weighted by Gasteiger charge is 2.06. The Bertz CT molecular complexity index is 172.